The van der Waals surface area contributed by atoms with Crippen LogP contribution in [0.1, 0.15) is 46.3 Å². The van der Waals surface area contributed by atoms with Crippen molar-refractivity contribution in [1.82, 2.24) is 15.0 Å². The van der Waals surface area contributed by atoms with Gasteiger partial charge in [-0.1, -0.05) is 5.16 Å². The molecule has 6 heteroatoms. The fourth-order valence-electron chi connectivity index (χ4n) is 2.48. The standard InChI is InChI=1S/C13H24N4O2/c1-9-6-17(8-12(2,3)18-9)7-10-15-11(16-19-10)13(4,5)14/h9H,6-8,14H2,1-5H3. The maximum Gasteiger partial charge on any atom is 0.240 e. The molecule has 2 N–H and O–H groups in total. The van der Waals surface area contributed by atoms with E-state index in [-0.39, 0.29) is 11.7 Å². The molecule has 19 heavy (non-hydrogen) atoms. The van der Waals surface area contributed by atoms with Gasteiger partial charge in [-0.25, -0.2) is 0 Å². The molecule has 1 aromatic heterocycles. The van der Waals surface area contributed by atoms with E-state index in [1.807, 2.05) is 13.8 Å². The lowest BCUT2D eigenvalue weighted by Crippen LogP contribution is -2.51. The van der Waals surface area contributed by atoms with Crippen LogP contribution in [0.25, 0.3) is 0 Å². The first-order valence-corrected chi connectivity index (χ1v) is 6.68. The lowest BCUT2D eigenvalue weighted by atomic mass is 10.1. The van der Waals surface area contributed by atoms with Crippen molar-refractivity contribution in [1.29, 1.82) is 0 Å². The highest BCUT2D eigenvalue weighted by atomic mass is 16.5. The summed E-state index contributed by atoms with van der Waals surface area (Å²) >= 11 is 0. The number of rotatable bonds is 3. The van der Waals surface area contributed by atoms with Crippen LogP contribution in [0.4, 0.5) is 0 Å². The average Bonchev–Trinajstić information content (AvgIpc) is 2.61. The van der Waals surface area contributed by atoms with Crippen LogP contribution in [-0.2, 0) is 16.8 Å². The third kappa shape index (κ3) is 3.75. The molecular formula is C13H24N4O2. The van der Waals surface area contributed by atoms with Gasteiger partial charge in [0, 0.05) is 13.1 Å². The zero-order chi connectivity index (χ0) is 14.3. The van der Waals surface area contributed by atoms with Crippen molar-refractivity contribution in [3.8, 4) is 0 Å². The number of ether oxygens (including phenoxy) is 1. The minimum Gasteiger partial charge on any atom is -0.370 e. The largest absolute Gasteiger partial charge is 0.370 e. The van der Waals surface area contributed by atoms with Crippen LogP contribution in [0.15, 0.2) is 4.52 Å². The molecule has 1 saturated heterocycles. The molecule has 2 rings (SSSR count). The molecule has 0 bridgehead atoms. The van der Waals surface area contributed by atoms with Gasteiger partial charge in [0.05, 0.1) is 23.8 Å². The van der Waals surface area contributed by atoms with Crippen molar-refractivity contribution in [2.24, 2.45) is 5.73 Å². The van der Waals surface area contributed by atoms with Crippen molar-refractivity contribution in [3.63, 3.8) is 0 Å². The molecule has 1 unspecified atom stereocenters. The summed E-state index contributed by atoms with van der Waals surface area (Å²) in [6.45, 7) is 12.4. The zero-order valence-corrected chi connectivity index (χ0v) is 12.4. The molecule has 1 atom stereocenters. The van der Waals surface area contributed by atoms with Gasteiger partial charge in [-0.2, -0.15) is 4.98 Å². The van der Waals surface area contributed by atoms with Gasteiger partial charge in [-0.05, 0) is 34.6 Å². The minimum atomic E-state index is -0.570. The van der Waals surface area contributed by atoms with Gasteiger partial charge in [0.15, 0.2) is 5.82 Å². The summed E-state index contributed by atoms with van der Waals surface area (Å²) in [5.74, 6) is 1.15. The van der Waals surface area contributed by atoms with Crippen LogP contribution in [-0.4, -0.2) is 39.8 Å². The highest BCUT2D eigenvalue weighted by molar-refractivity contribution is 4.99. The Hall–Kier alpha value is -0.980. The summed E-state index contributed by atoms with van der Waals surface area (Å²) in [7, 11) is 0. The van der Waals surface area contributed by atoms with E-state index < -0.39 is 5.54 Å². The van der Waals surface area contributed by atoms with E-state index in [9.17, 15) is 0 Å². The molecular weight excluding hydrogens is 244 g/mol. The normalized spacial score (nSPS) is 24.6. The molecule has 0 amide bonds. The van der Waals surface area contributed by atoms with Gasteiger partial charge >= 0.3 is 0 Å². The lowest BCUT2D eigenvalue weighted by molar-refractivity contribution is -0.132. The second-order valence-corrected chi connectivity index (χ2v) is 6.59. The molecule has 6 nitrogen and oxygen atoms in total. The van der Waals surface area contributed by atoms with Gasteiger partial charge in [-0.3, -0.25) is 4.90 Å². The summed E-state index contributed by atoms with van der Waals surface area (Å²) in [5, 5.41) is 3.94. The predicted molar refractivity (Wildman–Crippen MR) is 71.4 cm³/mol. The first kappa shape index (κ1) is 14.4. The van der Waals surface area contributed by atoms with Gasteiger partial charge < -0.3 is 15.0 Å². The van der Waals surface area contributed by atoms with E-state index in [0.29, 0.717) is 18.3 Å². The topological polar surface area (TPSA) is 77.4 Å². The maximum absolute atomic E-state index is 5.95. The smallest absolute Gasteiger partial charge is 0.240 e. The first-order valence-electron chi connectivity index (χ1n) is 6.68. The Morgan fingerprint density at radius 1 is 1.47 bits per heavy atom. The molecule has 108 valence electrons. The van der Waals surface area contributed by atoms with Crippen LogP contribution in [0.5, 0.6) is 0 Å². The molecule has 2 heterocycles. The van der Waals surface area contributed by atoms with Crippen LogP contribution in [0, 0.1) is 0 Å². The molecule has 0 saturated carbocycles. The summed E-state index contributed by atoms with van der Waals surface area (Å²) < 4.78 is 11.1. The fraction of sp³-hybridized carbons (Fsp3) is 0.846. The number of hydrogen-bond donors (Lipinski definition) is 1. The van der Waals surface area contributed by atoms with Crippen molar-refractivity contribution in [2.75, 3.05) is 13.1 Å². The van der Waals surface area contributed by atoms with E-state index in [2.05, 4.69) is 35.8 Å². The molecule has 1 aliphatic rings. The first-order chi connectivity index (χ1) is 8.66. The Bertz CT molecular complexity index is 436. The molecule has 0 spiro atoms. The summed E-state index contributed by atoms with van der Waals surface area (Å²) in [4.78, 5) is 6.64. The highest BCUT2D eigenvalue weighted by Gasteiger charge is 2.32. The fourth-order valence-corrected chi connectivity index (χ4v) is 2.48. The van der Waals surface area contributed by atoms with Crippen LogP contribution < -0.4 is 5.73 Å². The van der Waals surface area contributed by atoms with Crippen molar-refractivity contribution < 1.29 is 9.26 Å². The highest BCUT2D eigenvalue weighted by Crippen LogP contribution is 2.22. The van der Waals surface area contributed by atoms with Crippen molar-refractivity contribution in [2.45, 2.75) is 58.4 Å². The number of hydrogen-bond acceptors (Lipinski definition) is 6. The predicted octanol–water partition coefficient (Wildman–Crippen LogP) is 1.26. The Labute approximate surface area is 114 Å². The van der Waals surface area contributed by atoms with E-state index in [0.717, 1.165) is 13.1 Å². The van der Waals surface area contributed by atoms with E-state index in [1.54, 1.807) is 0 Å². The van der Waals surface area contributed by atoms with E-state index in [4.69, 9.17) is 15.0 Å². The molecule has 1 fully saturated rings. The average molecular weight is 268 g/mol. The Morgan fingerprint density at radius 3 is 2.68 bits per heavy atom. The molecule has 1 aliphatic heterocycles. The minimum absolute atomic E-state index is 0.145. The molecule has 0 radical (unpaired) electrons. The van der Waals surface area contributed by atoms with Gasteiger partial charge in [0.25, 0.3) is 0 Å². The van der Waals surface area contributed by atoms with Gasteiger partial charge in [0.1, 0.15) is 0 Å². The Balaban J connectivity index is 2.03. The second-order valence-electron chi connectivity index (χ2n) is 6.59. The summed E-state index contributed by atoms with van der Waals surface area (Å²) in [6, 6.07) is 0. The maximum atomic E-state index is 5.95. The van der Waals surface area contributed by atoms with Gasteiger partial charge in [0.2, 0.25) is 5.89 Å². The number of nitrogens with zero attached hydrogens (tertiary/aromatic N) is 3. The summed E-state index contributed by atoms with van der Waals surface area (Å²) in [5.41, 5.74) is 5.23. The van der Waals surface area contributed by atoms with Crippen LogP contribution >= 0.6 is 0 Å². The third-order valence-corrected chi connectivity index (χ3v) is 3.04. The monoisotopic (exact) mass is 268 g/mol. The third-order valence-electron chi connectivity index (χ3n) is 3.04. The van der Waals surface area contributed by atoms with E-state index in [1.165, 1.54) is 0 Å². The molecule has 0 aromatic carbocycles. The molecule has 1 aromatic rings. The SMILES string of the molecule is CC1CN(Cc2nc(C(C)(C)N)no2)CC(C)(C)O1. The number of morpholine rings is 1. The van der Waals surface area contributed by atoms with E-state index >= 15 is 0 Å². The van der Waals surface area contributed by atoms with Crippen molar-refractivity contribution in [3.05, 3.63) is 11.7 Å². The number of aromatic nitrogens is 2. The van der Waals surface area contributed by atoms with Crippen molar-refractivity contribution >= 4 is 0 Å². The lowest BCUT2D eigenvalue weighted by Gasteiger charge is -2.41. The molecule has 0 aliphatic carbocycles. The van der Waals surface area contributed by atoms with Crippen LogP contribution in [0.3, 0.4) is 0 Å². The summed E-state index contributed by atoms with van der Waals surface area (Å²) in [6.07, 6.45) is 0.206. The van der Waals surface area contributed by atoms with Crippen LogP contribution in [0.2, 0.25) is 0 Å². The quantitative estimate of drug-likeness (QED) is 0.889. The Morgan fingerprint density at radius 2 is 2.16 bits per heavy atom. The second kappa shape index (κ2) is 4.85. The van der Waals surface area contributed by atoms with Gasteiger partial charge in [-0.15, -0.1) is 0 Å². The zero-order valence-electron chi connectivity index (χ0n) is 12.4. The number of nitrogens with two attached hydrogens (primary N) is 1. The Kier molecular flexibility index (Phi) is 3.68.